The number of ether oxygens (including phenoxy) is 1. The molecule has 3 aromatic rings. The van der Waals surface area contributed by atoms with E-state index < -0.39 is 11.9 Å². The maximum Gasteiger partial charge on any atom is 0.297 e. The third-order valence-corrected chi connectivity index (χ3v) is 3.87. The lowest BCUT2D eigenvalue weighted by atomic mass is 10.1. The van der Waals surface area contributed by atoms with Crippen molar-refractivity contribution in [1.29, 1.82) is 5.26 Å². The minimum absolute atomic E-state index is 0.128. The van der Waals surface area contributed by atoms with Crippen LogP contribution in [0.15, 0.2) is 60.9 Å². The number of aromatic nitrogens is 2. The fourth-order valence-electron chi connectivity index (χ4n) is 2.32. The third kappa shape index (κ3) is 3.39. The van der Waals surface area contributed by atoms with Crippen molar-refractivity contribution >= 4 is 11.6 Å². The van der Waals surface area contributed by atoms with Crippen LogP contribution in [0.3, 0.4) is 0 Å². The van der Waals surface area contributed by atoms with Crippen molar-refractivity contribution in [2.75, 3.05) is 0 Å². The number of rotatable bonds is 5. The van der Waals surface area contributed by atoms with Crippen LogP contribution >= 0.6 is 11.6 Å². The van der Waals surface area contributed by atoms with Crippen molar-refractivity contribution < 1.29 is 9.13 Å². The second-order valence-electron chi connectivity index (χ2n) is 5.08. The molecule has 6 heteroatoms. The second-order valence-corrected chi connectivity index (χ2v) is 5.49. The number of hydrogen-bond acceptors (Lipinski definition) is 3. The molecule has 24 heavy (non-hydrogen) atoms. The summed E-state index contributed by atoms with van der Waals surface area (Å²) in [6.07, 6.45) is 3.25. The Labute approximate surface area is 143 Å². The highest BCUT2D eigenvalue weighted by molar-refractivity contribution is 6.31. The summed E-state index contributed by atoms with van der Waals surface area (Å²) in [6, 6.07) is 15.5. The molecule has 0 saturated carbocycles. The van der Waals surface area contributed by atoms with E-state index in [1.54, 1.807) is 23.0 Å². The molecule has 3 rings (SSSR count). The second kappa shape index (κ2) is 7.16. The number of nitriles is 1. The van der Waals surface area contributed by atoms with Crippen LogP contribution in [-0.2, 0) is 6.61 Å². The van der Waals surface area contributed by atoms with E-state index in [1.165, 1.54) is 12.1 Å². The lowest BCUT2D eigenvalue weighted by molar-refractivity contribution is 0.266. The third-order valence-electron chi connectivity index (χ3n) is 3.52. The van der Waals surface area contributed by atoms with E-state index in [0.717, 1.165) is 5.56 Å². The average molecular weight is 342 g/mol. The van der Waals surface area contributed by atoms with E-state index in [0.29, 0.717) is 11.6 Å². The van der Waals surface area contributed by atoms with E-state index in [-0.39, 0.29) is 11.6 Å². The summed E-state index contributed by atoms with van der Waals surface area (Å²) in [5.41, 5.74) is 1.48. The Morgan fingerprint density at radius 2 is 2.04 bits per heavy atom. The lowest BCUT2D eigenvalue weighted by Crippen LogP contribution is -2.11. The number of halogens is 2. The van der Waals surface area contributed by atoms with Gasteiger partial charge >= 0.3 is 0 Å². The molecule has 1 aromatic heterocycles. The summed E-state index contributed by atoms with van der Waals surface area (Å²) >= 11 is 6.00. The number of benzene rings is 2. The maximum absolute atomic E-state index is 13.1. The highest BCUT2D eigenvalue weighted by atomic mass is 35.5. The molecule has 0 aliphatic rings. The lowest BCUT2D eigenvalue weighted by Gasteiger charge is -2.15. The number of nitrogens with zero attached hydrogens (tertiary/aromatic N) is 3. The molecule has 1 unspecified atom stereocenters. The first-order valence-corrected chi connectivity index (χ1v) is 7.61. The Hall–Kier alpha value is -2.84. The molecule has 1 heterocycles. The molecular formula is C18H13ClFN3O. The number of hydrogen-bond donors (Lipinski definition) is 0. The van der Waals surface area contributed by atoms with Crippen molar-refractivity contribution in [2.45, 2.75) is 12.6 Å². The summed E-state index contributed by atoms with van der Waals surface area (Å²) in [4.78, 5) is 4.15. The molecular weight excluding hydrogens is 329 g/mol. The highest BCUT2D eigenvalue weighted by Crippen LogP contribution is 2.24. The zero-order valence-corrected chi connectivity index (χ0v) is 13.3. The quantitative estimate of drug-likeness (QED) is 0.692. The Bertz CT molecular complexity index is 873. The molecule has 0 N–H and O–H groups in total. The van der Waals surface area contributed by atoms with Crippen molar-refractivity contribution in [2.24, 2.45) is 0 Å². The summed E-state index contributed by atoms with van der Waals surface area (Å²) in [5.74, 6) is -0.404. The van der Waals surface area contributed by atoms with E-state index in [1.807, 2.05) is 30.3 Å². The first-order valence-electron chi connectivity index (χ1n) is 7.23. The molecule has 1 atom stereocenters. The predicted octanol–water partition coefficient (Wildman–Crippen LogP) is 4.37. The van der Waals surface area contributed by atoms with Crippen LogP contribution in [0.2, 0.25) is 5.02 Å². The van der Waals surface area contributed by atoms with Crippen LogP contribution in [-0.4, -0.2) is 9.55 Å². The fourth-order valence-corrected chi connectivity index (χ4v) is 2.54. The van der Waals surface area contributed by atoms with Gasteiger partial charge in [0.2, 0.25) is 0 Å². The van der Waals surface area contributed by atoms with Gasteiger partial charge in [0.25, 0.3) is 6.01 Å². The average Bonchev–Trinajstić information content (AvgIpc) is 3.04. The molecule has 0 aliphatic heterocycles. The molecule has 4 nitrogen and oxygen atoms in total. The van der Waals surface area contributed by atoms with Crippen LogP contribution in [0.1, 0.15) is 17.2 Å². The van der Waals surface area contributed by atoms with Crippen LogP contribution in [0.4, 0.5) is 4.39 Å². The molecule has 0 radical (unpaired) electrons. The molecule has 0 fully saturated rings. The van der Waals surface area contributed by atoms with Gasteiger partial charge < -0.3 is 4.74 Å². The predicted molar refractivity (Wildman–Crippen MR) is 88.2 cm³/mol. The number of imidazole rings is 1. The molecule has 0 aliphatic carbocycles. The van der Waals surface area contributed by atoms with E-state index in [2.05, 4.69) is 11.1 Å². The Kier molecular flexibility index (Phi) is 4.78. The van der Waals surface area contributed by atoms with Gasteiger partial charge in [-0.1, -0.05) is 48.0 Å². The van der Waals surface area contributed by atoms with Crippen LogP contribution in [0, 0.1) is 17.1 Å². The summed E-state index contributed by atoms with van der Waals surface area (Å²) in [6.45, 7) is 0.128. The zero-order chi connectivity index (χ0) is 16.9. The van der Waals surface area contributed by atoms with Gasteiger partial charge in [-0.05, 0) is 17.7 Å². The largest absolute Gasteiger partial charge is 0.460 e. The summed E-state index contributed by atoms with van der Waals surface area (Å²) < 4.78 is 20.4. The van der Waals surface area contributed by atoms with Gasteiger partial charge in [0.15, 0.2) is 6.04 Å². The van der Waals surface area contributed by atoms with Gasteiger partial charge in [0, 0.05) is 18.0 Å². The molecule has 0 saturated heterocycles. The van der Waals surface area contributed by atoms with Crippen LogP contribution in [0.5, 0.6) is 6.01 Å². The zero-order valence-electron chi connectivity index (χ0n) is 12.6. The Morgan fingerprint density at radius 1 is 1.25 bits per heavy atom. The molecule has 120 valence electrons. The monoisotopic (exact) mass is 341 g/mol. The standard InChI is InChI=1S/C18H13ClFN3O/c19-16-10-15(20)7-6-14(16)12-24-18-22-8-9-23(18)17(11-21)13-4-2-1-3-5-13/h1-10,17H,12H2. The Morgan fingerprint density at radius 3 is 2.75 bits per heavy atom. The van der Waals surface area contributed by atoms with E-state index >= 15 is 0 Å². The maximum atomic E-state index is 13.1. The fraction of sp³-hybridized carbons (Fsp3) is 0.111. The molecule has 2 aromatic carbocycles. The minimum Gasteiger partial charge on any atom is -0.460 e. The smallest absolute Gasteiger partial charge is 0.297 e. The Balaban J connectivity index is 1.81. The molecule has 0 spiro atoms. The van der Waals surface area contributed by atoms with Crippen molar-refractivity contribution in [3.05, 3.63) is 82.9 Å². The van der Waals surface area contributed by atoms with Gasteiger partial charge in [-0.3, -0.25) is 4.57 Å². The first kappa shape index (κ1) is 16.0. The molecule has 0 amide bonds. The van der Waals surface area contributed by atoms with E-state index in [9.17, 15) is 9.65 Å². The summed E-state index contributed by atoms with van der Waals surface area (Å²) in [7, 11) is 0. The highest BCUT2D eigenvalue weighted by Gasteiger charge is 2.17. The minimum atomic E-state index is -0.549. The summed E-state index contributed by atoms with van der Waals surface area (Å²) in [5, 5.41) is 9.80. The first-order chi connectivity index (χ1) is 11.7. The van der Waals surface area contributed by atoms with Crippen molar-refractivity contribution in [3.63, 3.8) is 0 Å². The van der Waals surface area contributed by atoms with Gasteiger partial charge in [-0.15, -0.1) is 0 Å². The van der Waals surface area contributed by atoms with Crippen molar-refractivity contribution in [1.82, 2.24) is 9.55 Å². The normalized spacial score (nSPS) is 11.7. The van der Waals surface area contributed by atoms with Crippen molar-refractivity contribution in [3.8, 4) is 12.1 Å². The van der Waals surface area contributed by atoms with Gasteiger partial charge in [0.1, 0.15) is 12.4 Å². The SMILES string of the molecule is N#CC(c1ccccc1)n1ccnc1OCc1ccc(F)cc1Cl. The topological polar surface area (TPSA) is 50.8 Å². The van der Waals surface area contributed by atoms with E-state index in [4.69, 9.17) is 16.3 Å². The van der Waals surface area contributed by atoms with Gasteiger partial charge in [0.05, 0.1) is 11.1 Å². The molecule has 0 bridgehead atoms. The van der Waals surface area contributed by atoms with Gasteiger partial charge in [-0.2, -0.15) is 5.26 Å². The van der Waals surface area contributed by atoms with Gasteiger partial charge in [-0.25, -0.2) is 9.37 Å². The van der Waals surface area contributed by atoms with Crippen LogP contribution < -0.4 is 4.74 Å². The van der Waals surface area contributed by atoms with Crippen LogP contribution in [0.25, 0.3) is 0 Å².